The normalized spacial score (nSPS) is 10.4. The number of nitrogen functional groups attached to an aromatic ring is 1. The average molecular weight is 252 g/mol. The molecule has 0 aromatic heterocycles. The number of hydrogen-bond donors (Lipinski definition) is 2. The smallest absolute Gasteiger partial charge is 0.151 e. The standard InChI is InChI=1S/C13H11F3N2/c14-9-3-1-8(2-4-9)7-18-13-11(15)5-10(17)6-12(13)16/h1-6,18H,7,17H2. The third-order valence-corrected chi connectivity index (χ3v) is 2.45. The highest BCUT2D eigenvalue weighted by molar-refractivity contribution is 5.54. The molecular weight excluding hydrogens is 241 g/mol. The Bertz CT molecular complexity index is 530. The second-order valence-corrected chi connectivity index (χ2v) is 3.84. The fourth-order valence-corrected chi connectivity index (χ4v) is 1.55. The minimum absolute atomic E-state index is 0.0253. The van der Waals surface area contributed by atoms with Crippen LogP contribution in [0, 0.1) is 17.5 Å². The van der Waals surface area contributed by atoms with Crippen molar-refractivity contribution in [3.63, 3.8) is 0 Å². The molecule has 2 rings (SSSR count). The lowest BCUT2D eigenvalue weighted by Gasteiger charge is -2.09. The third kappa shape index (κ3) is 2.74. The molecule has 2 nitrogen and oxygen atoms in total. The molecule has 0 saturated heterocycles. The fraction of sp³-hybridized carbons (Fsp3) is 0.0769. The van der Waals surface area contributed by atoms with Crippen LogP contribution in [0.15, 0.2) is 36.4 Å². The third-order valence-electron chi connectivity index (χ3n) is 2.45. The number of benzene rings is 2. The lowest BCUT2D eigenvalue weighted by Crippen LogP contribution is -2.04. The predicted octanol–water partition coefficient (Wildman–Crippen LogP) is 3.30. The van der Waals surface area contributed by atoms with Crippen LogP contribution in [0.3, 0.4) is 0 Å². The van der Waals surface area contributed by atoms with Gasteiger partial charge in [0, 0.05) is 12.2 Å². The maximum Gasteiger partial charge on any atom is 0.151 e. The van der Waals surface area contributed by atoms with Gasteiger partial charge in [-0.3, -0.25) is 0 Å². The molecule has 0 heterocycles. The van der Waals surface area contributed by atoms with Crippen molar-refractivity contribution in [2.24, 2.45) is 0 Å². The van der Waals surface area contributed by atoms with Crippen LogP contribution in [0.5, 0.6) is 0 Å². The molecule has 0 spiro atoms. The minimum atomic E-state index is -0.755. The Morgan fingerprint density at radius 1 is 0.944 bits per heavy atom. The molecule has 0 saturated carbocycles. The summed E-state index contributed by atoms with van der Waals surface area (Å²) in [5.74, 6) is -1.87. The van der Waals surface area contributed by atoms with Crippen LogP contribution >= 0.6 is 0 Å². The maximum absolute atomic E-state index is 13.4. The molecule has 5 heteroatoms. The zero-order valence-corrected chi connectivity index (χ0v) is 9.38. The van der Waals surface area contributed by atoms with E-state index >= 15 is 0 Å². The van der Waals surface area contributed by atoms with Crippen LogP contribution in [-0.2, 0) is 6.54 Å². The Balaban J connectivity index is 2.13. The van der Waals surface area contributed by atoms with Gasteiger partial charge in [-0.2, -0.15) is 0 Å². The lowest BCUT2D eigenvalue weighted by molar-refractivity contribution is 0.589. The van der Waals surface area contributed by atoms with Crippen molar-refractivity contribution >= 4 is 11.4 Å². The molecule has 0 bridgehead atoms. The largest absolute Gasteiger partial charge is 0.399 e. The minimum Gasteiger partial charge on any atom is -0.399 e. The SMILES string of the molecule is Nc1cc(F)c(NCc2ccc(F)cc2)c(F)c1. The van der Waals surface area contributed by atoms with Crippen molar-refractivity contribution in [2.75, 3.05) is 11.1 Å². The van der Waals surface area contributed by atoms with Gasteiger partial charge in [0.05, 0.1) is 0 Å². The molecular formula is C13H11F3N2. The van der Waals surface area contributed by atoms with Crippen molar-refractivity contribution in [3.05, 3.63) is 59.4 Å². The van der Waals surface area contributed by atoms with Crippen LogP contribution < -0.4 is 11.1 Å². The topological polar surface area (TPSA) is 38.0 Å². The Labute approximate surface area is 102 Å². The number of rotatable bonds is 3. The number of nitrogens with two attached hydrogens (primary N) is 1. The molecule has 0 amide bonds. The molecule has 0 fully saturated rings. The van der Waals surface area contributed by atoms with E-state index in [-0.39, 0.29) is 23.7 Å². The summed E-state index contributed by atoms with van der Waals surface area (Å²) in [5.41, 5.74) is 5.80. The summed E-state index contributed by atoms with van der Waals surface area (Å²) in [4.78, 5) is 0. The van der Waals surface area contributed by atoms with Crippen molar-refractivity contribution < 1.29 is 13.2 Å². The molecule has 0 aliphatic carbocycles. The second-order valence-electron chi connectivity index (χ2n) is 3.84. The molecule has 18 heavy (non-hydrogen) atoms. The second kappa shape index (κ2) is 5.00. The van der Waals surface area contributed by atoms with E-state index in [2.05, 4.69) is 5.32 Å². The highest BCUT2D eigenvalue weighted by Gasteiger charge is 2.09. The maximum atomic E-state index is 13.4. The van der Waals surface area contributed by atoms with Gasteiger partial charge >= 0.3 is 0 Å². The van der Waals surface area contributed by atoms with Crippen LogP contribution in [0.4, 0.5) is 24.5 Å². The van der Waals surface area contributed by atoms with Gasteiger partial charge in [0.2, 0.25) is 0 Å². The van der Waals surface area contributed by atoms with E-state index in [1.165, 1.54) is 24.3 Å². The number of anilines is 2. The van der Waals surface area contributed by atoms with Gasteiger partial charge < -0.3 is 11.1 Å². The fourth-order valence-electron chi connectivity index (χ4n) is 1.55. The van der Waals surface area contributed by atoms with Crippen molar-refractivity contribution in [1.29, 1.82) is 0 Å². The summed E-state index contributed by atoms with van der Waals surface area (Å²) in [5, 5.41) is 2.62. The van der Waals surface area contributed by atoms with Crippen LogP contribution in [0.2, 0.25) is 0 Å². The number of hydrogen-bond acceptors (Lipinski definition) is 2. The molecule has 2 aromatic rings. The molecule has 2 aromatic carbocycles. The highest BCUT2D eigenvalue weighted by Crippen LogP contribution is 2.22. The van der Waals surface area contributed by atoms with E-state index in [0.29, 0.717) is 5.56 Å². The molecule has 0 aliphatic rings. The summed E-state index contributed by atoms with van der Waals surface area (Å²) in [6, 6.07) is 7.72. The highest BCUT2D eigenvalue weighted by atomic mass is 19.1. The zero-order valence-electron chi connectivity index (χ0n) is 9.38. The van der Waals surface area contributed by atoms with Crippen molar-refractivity contribution in [3.8, 4) is 0 Å². The Morgan fingerprint density at radius 3 is 2.06 bits per heavy atom. The summed E-state index contributed by atoms with van der Waals surface area (Å²) in [6.07, 6.45) is 0. The summed E-state index contributed by atoms with van der Waals surface area (Å²) >= 11 is 0. The lowest BCUT2D eigenvalue weighted by atomic mass is 10.2. The molecule has 3 N–H and O–H groups in total. The van der Waals surface area contributed by atoms with E-state index in [1.54, 1.807) is 0 Å². The van der Waals surface area contributed by atoms with Gasteiger partial charge in [-0.15, -0.1) is 0 Å². The van der Waals surface area contributed by atoms with E-state index in [1.807, 2.05) is 0 Å². The van der Waals surface area contributed by atoms with Gasteiger partial charge in [0.15, 0.2) is 11.6 Å². The molecule has 0 atom stereocenters. The Kier molecular flexibility index (Phi) is 3.41. The van der Waals surface area contributed by atoms with Crippen LogP contribution in [0.1, 0.15) is 5.56 Å². The average Bonchev–Trinajstić information content (AvgIpc) is 2.30. The van der Waals surface area contributed by atoms with Gasteiger partial charge in [-0.1, -0.05) is 12.1 Å². The summed E-state index contributed by atoms with van der Waals surface area (Å²) in [6.45, 7) is 0.192. The van der Waals surface area contributed by atoms with E-state index in [9.17, 15) is 13.2 Å². The first kappa shape index (κ1) is 12.3. The molecule has 0 aliphatic heterocycles. The van der Waals surface area contributed by atoms with E-state index < -0.39 is 11.6 Å². The quantitative estimate of drug-likeness (QED) is 0.822. The van der Waals surface area contributed by atoms with Crippen LogP contribution in [-0.4, -0.2) is 0 Å². The van der Waals surface area contributed by atoms with E-state index in [4.69, 9.17) is 5.73 Å². The Hall–Kier alpha value is -2.17. The van der Waals surface area contributed by atoms with Crippen molar-refractivity contribution in [1.82, 2.24) is 0 Å². The van der Waals surface area contributed by atoms with Gasteiger partial charge in [-0.25, -0.2) is 13.2 Å². The number of halogens is 3. The summed E-state index contributed by atoms with van der Waals surface area (Å²) < 4.78 is 39.5. The van der Waals surface area contributed by atoms with Crippen molar-refractivity contribution in [2.45, 2.75) is 6.54 Å². The zero-order chi connectivity index (χ0) is 13.1. The summed E-state index contributed by atoms with van der Waals surface area (Å²) in [7, 11) is 0. The molecule has 0 unspecified atom stereocenters. The first-order chi connectivity index (χ1) is 8.56. The Morgan fingerprint density at radius 2 is 1.50 bits per heavy atom. The number of nitrogens with one attached hydrogen (secondary N) is 1. The van der Waals surface area contributed by atoms with Gasteiger partial charge in [0.1, 0.15) is 11.5 Å². The first-order valence-electron chi connectivity index (χ1n) is 5.29. The van der Waals surface area contributed by atoms with Gasteiger partial charge in [-0.05, 0) is 29.8 Å². The predicted molar refractivity (Wildman–Crippen MR) is 64.5 cm³/mol. The van der Waals surface area contributed by atoms with Gasteiger partial charge in [0.25, 0.3) is 0 Å². The first-order valence-corrected chi connectivity index (χ1v) is 5.29. The monoisotopic (exact) mass is 252 g/mol. The molecule has 0 radical (unpaired) electrons. The molecule has 94 valence electrons. The van der Waals surface area contributed by atoms with Crippen LogP contribution in [0.25, 0.3) is 0 Å². The van der Waals surface area contributed by atoms with E-state index in [0.717, 1.165) is 12.1 Å².